The van der Waals surface area contributed by atoms with E-state index < -0.39 is 0 Å². The van der Waals surface area contributed by atoms with Crippen LogP contribution in [0.25, 0.3) is 11.5 Å². The van der Waals surface area contributed by atoms with E-state index in [4.69, 9.17) is 13.9 Å². The molecule has 4 nitrogen and oxygen atoms in total. The number of hydrogen-bond donors (Lipinski definition) is 0. The fourth-order valence-corrected chi connectivity index (χ4v) is 3.22. The summed E-state index contributed by atoms with van der Waals surface area (Å²) in [6.45, 7) is 7.45. The lowest BCUT2D eigenvalue weighted by molar-refractivity contribution is 0.0556. The molecule has 0 saturated carbocycles. The van der Waals surface area contributed by atoms with Gasteiger partial charge in [0.2, 0.25) is 5.89 Å². The highest BCUT2D eigenvalue weighted by atomic mass is 16.5. The molecule has 0 saturated heterocycles. The number of oxazole rings is 1. The first kappa shape index (κ1) is 20.2. The Morgan fingerprint density at radius 1 is 1.00 bits per heavy atom. The average Bonchev–Trinajstić information content (AvgIpc) is 3.10. The first-order valence-corrected chi connectivity index (χ1v) is 10.1. The predicted octanol–water partition coefficient (Wildman–Crippen LogP) is 6.15. The van der Waals surface area contributed by atoms with Gasteiger partial charge < -0.3 is 13.9 Å². The van der Waals surface area contributed by atoms with Gasteiger partial charge in [-0.05, 0) is 50.1 Å². The normalized spacial score (nSPS) is 12.1. The van der Waals surface area contributed by atoms with Gasteiger partial charge in [0.1, 0.15) is 11.5 Å². The van der Waals surface area contributed by atoms with Gasteiger partial charge in [0.15, 0.2) is 0 Å². The highest BCUT2D eigenvalue weighted by molar-refractivity contribution is 5.53. The van der Waals surface area contributed by atoms with Crippen LogP contribution in [0.3, 0.4) is 0 Å². The third-order valence-corrected chi connectivity index (χ3v) is 4.69. The lowest BCUT2D eigenvalue weighted by Gasteiger charge is -2.17. The summed E-state index contributed by atoms with van der Waals surface area (Å²) in [6, 6.07) is 18.2. The van der Waals surface area contributed by atoms with E-state index >= 15 is 0 Å². The standard InChI is InChI=1S/C24H29NO3/c1-4-9-23(26-5-2)19-12-14-21(15-13-19)27-17-16-22-18(3)28-24(25-22)20-10-7-6-8-11-20/h6-8,10-15,23H,4-5,9,16-17H2,1-3H3. The first-order chi connectivity index (χ1) is 13.7. The largest absolute Gasteiger partial charge is 0.493 e. The van der Waals surface area contributed by atoms with Gasteiger partial charge in [-0.15, -0.1) is 0 Å². The van der Waals surface area contributed by atoms with Gasteiger partial charge in [-0.3, -0.25) is 0 Å². The summed E-state index contributed by atoms with van der Waals surface area (Å²) in [5.41, 5.74) is 3.13. The van der Waals surface area contributed by atoms with Crippen molar-refractivity contribution in [3.8, 4) is 17.2 Å². The van der Waals surface area contributed by atoms with Crippen LogP contribution in [0.15, 0.2) is 59.0 Å². The van der Waals surface area contributed by atoms with Crippen LogP contribution in [0.4, 0.5) is 0 Å². The summed E-state index contributed by atoms with van der Waals surface area (Å²) in [7, 11) is 0. The first-order valence-electron chi connectivity index (χ1n) is 10.1. The highest BCUT2D eigenvalue weighted by Gasteiger charge is 2.12. The number of ether oxygens (including phenoxy) is 2. The molecular weight excluding hydrogens is 350 g/mol. The lowest BCUT2D eigenvalue weighted by atomic mass is 10.1. The number of benzene rings is 2. The van der Waals surface area contributed by atoms with Crippen molar-refractivity contribution in [3.63, 3.8) is 0 Å². The van der Waals surface area contributed by atoms with Gasteiger partial charge in [-0.25, -0.2) is 4.98 Å². The smallest absolute Gasteiger partial charge is 0.226 e. The Morgan fingerprint density at radius 3 is 2.43 bits per heavy atom. The van der Waals surface area contributed by atoms with Crippen molar-refractivity contribution >= 4 is 0 Å². The minimum absolute atomic E-state index is 0.165. The number of aryl methyl sites for hydroxylation is 1. The van der Waals surface area contributed by atoms with E-state index in [-0.39, 0.29) is 6.10 Å². The minimum Gasteiger partial charge on any atom is -0.493 e. The van der Waals surface area contributed by atoms with E-state index in [1.807, 2.05) is 56.3 Å². The van der Waals surface area contributed by atoms with Crippen LogP contribution in [-0.2, 0) is 11.2 Å². The molecule has 1 atom stereocenters. The zero-order chi connectivity index (χ0) is 19.8. The highest BCUT2D eigenvalue weighted by Crippen LogP contribution is 2.25. The van der Waals surface area contributed by atoms with Gasteiger partial charge >= 0.3 is 0 Å². The monoisotopic (exact) mass is 379 g/mol. The van der Waals surface area contributed by atoms with E-state index in [0.29, 0.717) is 18.9 Å². The molecule has 0 aliphatic rings. The Bertz CT molecular complexity index is 834. The second-order valence-electron chi connectivity index (χ2n) is 6.79. The second kappa shape index (κ2) is 10.1. The van der Waals surface area contributed by atoms with Crippen LogP contribution < -0.4 is 4.74 Å². The molecule has 2 aromatic carbocycles. The molecule has 0 aliphatic heterocycles. The molecule has 3 aromatic rings. The van der Waals surface area contributed by atoms with Crippen molar-refractivity contribution in [2.24, 2.45) is 0 Å². The zero-order valence-corrected chi connectivity index (χ0v) is 17.0. The summed E-state index contributed by atoms with van der Waals surface area (Å²) >= 11 is 0. The zero-order valence-electron chi connectivity index (χ0n) is 17.0. The SMILES string of the molecule is CCCC(OCC)c1ccc(OCCc2nc(-c3ccccc3)oc2C)cc1. The third-order valence-electron chi connectivity index (χ3n) is 4.69. The molecule has 0 bridgehead atoms. The van der Waals surface area contributed by atoms with Gasteiger partial charge in [0.25, 0.3) is 0 Å². The van der Waals surface area contributed by atoms with E-state index in [9.17, 15) is 0 Å². The molecule has 0 fully saturated rings. The van der Waals surface area contributed by atoms with Crippen LogP contribution in [0.1, 0.15) is 49.8 Å². The fraction of sp³-hybridized carbons (Fsp3) is 0.375. The minimum atomic E-state index is 0.165. The molecule has 0 aliphatic carbocycles. The van der Waals surface area contributed by atoms with Crippen molar-refractivity contribution in [2.45, 2.75) is 46.1 Å². The summed E-state index contributed by atoms with van der Waals surface area (Å²) in [5, 5.41) is 0. The fourth-order valence-electron chi connectivity index (χ4n) is 3.22. The molecule has 1 heterocycles. The summed E-state index contributed by atoms with van der Waals surface area (Å²) < 4.78 is 17.6. The Kier molecular flexibility index (Phi) is 7.26. The molecule has 1 aromatic heterocycles. The van der Waals surface area contributed by atoms with Crippen LogP contribution >= 0.6 is 0 Å². The second-order valence-corrected chi connectivity index (χ2v) is 6.79. The van der Waals surface area contributed by atoms with Crippen molar-refractivity contribution in [1.82, 2.24) is 4.98 Å². The third kappa shape index (κ3) is 5.23. The maximum atomic E-state index is 5.91. The van der Waals surface area contributed by atoms with Gasteiger partial charge in [-0.1, -0.05) is 43.7 Å². The summed E-state index contributed by atoms with van der Waals surface area (Å²) in [4.78, 5) is 4.63. The lowest BCUT2D eigenvalue weighted by Crippen LogP contribution is -2.05. The molecule has 148 valence electrons. The summed E-state index contributed by atoms with van der Waals surface area (Å²) in [6.07, 6.45) is 3.01. The van der Waals surface area contributed by atoms with E-state index in [1.165, 1.54) is 5.56 Å². The van der Waals surface area contributed by atoms with Crippen molar-refractivity contribution in [1.29, 1.82) is 0 Å². The van der Waals surface area contributed by atoms with Gasteiger partial charge in [0.05, 0.1) is 18.4 Å². The van der Waals surface area contributed by atoms with E-state index in [2.05, 4.69) is 24.0 Å². The molecule has 0 radical (unpaired) electrons. The molecule has 3 rings (SSSR count). The Morgan fingerprint density at radius 2 is 1.75 bits per heavy atom. The van der Waals surface area contributed by atoms with Crippen molar-refractivity contribution in [3.05, 3.63) is 71.6 Å². The quantitative estimate of drug-likeness (QED) is 0.424. The Hall–Kier alpha value is -2.59. The van der Waals surface area contributed by atoms with E-state index in [0.717, 1.165) is 42.2 Å². The molecule has 0 amide bonds. The Labute approximate surface area is 167 Å². The number of aromatic nitrogens is 1. The van der Waals surface area contributed by atoms with Crippen LogP contribution in [-0.4, -0.2) is 18.2 Å². The topological polar surface area (TPSA) is 44.5 Å². The maximum absolute atomic E-state index is 5.91. The van der Waals surface area contributed by atoms with Crippen LogP contribution in [0.2, 0.25) is 0 Å². The number of rotatable bonds is 10. The predicted molar refractivity (Wildman–Crippen MR) is 112 cm³/mol. The molecular formula is C24H29NO3. The van der Waals surface area contributed by atoms with E-state index in [1.54, 1.807) is 0 Å². The van der Waals surface area contributed by atoms with Crippen LogP contribution in [0, 0.1) is 6.92 Å². The number of nitrogens with zero attached hydrogens (tertiary/aromatic N) is 1. The Balaban J connectivity index is 1.56. The average molecular weight is 380 g/mol. The molecule has 0 spiro atoms. The molecule has 1 unspecified atom stereocenters. The molecule has 0 N–H and O–H groups in total. The van der Waals surface area contributed by atoms with Crippen molar-refractivity contribution in [2.75, 3.05) is 13.2 Å². The number of hydrogen-bond acceptors (Lipinski definition) is 4. The van der Waals surface area contributed by atoms with Crippen LogP contribution in [0.5, 0.6) is 5.75 Å². The molecule has 4 heteroatoms. The van der Waals surface area contributed by atoms with Gasteiger partial charge in [0, 0.05) is 18.6 Å². The van der Waals surface area contributed by atoms with Crippen molar-refractivity contribution < 1.29 is 13.9 Å². The molecule has 28 heavy (non-hydrogen) atoms. The van der Waals surface area contributed by atoms with Gasteiger partial charge in [-0.2, -0.15) is 0 Å². The summed E-state index contributed by atoms with van der Waals surface area (Å²) in [5.74, 6) is 2.37. The maximum Gasteiger partial charge on any atom is 0.226 e.